The Bertz CT molecular complexity index is 663. The number of benzene rings is 2. The largest absolute Gasteiger partial charge is 0.486 e. The first-order valence-corrected chi connectivity index (χ1v) is 7.54. The Kier molecular flexibility index (Phi) is 4.01. The second kappa shape index (κ2) is 5.93. The third kappa shape index (κ3) is 3.13. The summed E-state index contributed by atoms with van der Waals surface area (Å²) in [7, 11) is 0. The van der Waals surface area contributed by atoms with E-state index >= 15 is 0 Å². The van der Waals surface area contributed by atoms with E-state index in [0.717, 1.165) is 27.2 Å². The fourth-order valence-corrected chi connectivity index (χ4v) is 2.62. The van der Waals surface area contributed by atoms with E-state index in [1.165, 1.54) is 12.1 Å². The van der Waals surface area contributed by atoms with E-state index < -0.39 is 0 Å². The number of anilines is 1. The molecule has 0 amide bonds. The maximum absolute atomic E-state index is 13.3. The van der Waals surface area contributed by atoms with E-state index in [2.05, 4.69) is 21.2 Å². The number of halogens is 2. The van der Waals surface area contributed by atoms with Gasteiger partial charge in [-0.2, -0.15) is 0 Å². The number of hydrogen-bond donors (Lipinski definition) is 1. The summed E-state index contributed by atoms with van der Waals surface area (Å²) >= 11 is 3.42. The lowest BCUT2D eigenvalue weighted by Crippen LogP contribution is -2.16. The summed E-state index contributed by atoms with van der Waals surface area (Å²) in [5.41, 5.74) is 1.77. The maximum Gasteiger partial charge on any atom is 0.161 e. The molecule has 0 spiro atoms. The Balaban J connectivity index is 1.82. The van der Waals surface area contributed by atoms with Crippen LogP contribution in [0.2, 0.25) is 0 Å². The minimum absolute atomic E-state index is 0.0129. The number of rotatable bonds is 3. The van der Waals surface area contributed by atoms with Gasteiger partial charge in [0.1, 0.15) is 19.0 Å². The summed E-state index contributed by atoms with van der Waals surface area (Å²) in [5.74, 6) is 1.25. The molecule has 5 heteroatoms. The molecule has 2 aromatic carbocycles. The van der Waals surface area contributed by atoms with E-state index in [1.807, 2.05) is 25.1 Å². The standard InChI is InChI=1S/C16H15BrFNO2/c1-10(19-14-9-12(18)3-4-13(14)17)11-2-5-15-16(8-11)21-7-6-20-15/h2-5,8-10,19H,6-7H2,1H3. The van der Waals surface area contributed by atoms with E-state index in [4.69, 9.17) is 9.47 Å². The third-order valence-electron chi connectivity index (χ3n) is 3.37. The van der Waals surface area contributed by atoms with Gasteiger partial charge in [-0.25, -0.2) is 4.39 Å². The molecule has 0 fully saturated rings. The van der Waals surface area contributed by atoms with Crippen LogP contribution in [0.25, 0.3) is 0 Å². The van der Waals surface area contributed by atoms with Gasteiger partial charge in [0, 0.05) is 10.5 Å². The van der Waals surface area contributed by atoms with Crippen molar-refractivity contribution >= 4 is 21.6 Å². The third-order valence-corrected chi connectivity index (χ3v) is 4.06. The van der Waals surface area contributed by atoms with Crippen molar-refractivity contribution in [2.45, 2.75) is 13.0 Å². The molecule has 0 saturated heterocycles. The number of hydrogen-bond acceptors (Lipinski definition) is 3. The predicted molar refractivity (Wildman–Crippen MR) is 83.6 cm³/mol. The average molecular weight is 352 g/mol. The van der Waals surface area contributed by atoms with Crippen molar-refractivity contribution in [1.29, 1.82) is 0 Å². The van der Waals surface area contributed by atoms with Gasteiger partial charge in [-0.15, -0.1) is 0 Å². The molecule has 0 saturated carbocycles. The first-order chi connectivity index (χ1) is 10.1. The quantitative estimate of drug-likeness (QED) is 0.880. The molecule has 0 aliphatic carbocycles. The molecule has 0 aromatic heterocycles. The van der Waals surface area contributed by atoms with Crippen LogP contribution in [-0.2, 0) is 0 Å². The van der Waals surface area contributed by atoms with Gasteiger partial charge in [0.05, 0.1) is 5.69 Å². The zero-order chi connectivity index (χ0) is 14.8. The van der Waals surface area contributed by atoms with E-state index in [9.17, 15) is 4.39 Å². The normalized spacial score (nSPS) is 14.6. The van der Waals surface area contributed by atoms with Crippen molar-refractivity contribution in [2.75, 3.05) is 18.5 Å². The van der Waals surface area contributed by atoms with Gasteiger partial charge in [0.15, 0.2) is 11.5 Å². The average Bonchev–Trinajstić information content (AvgIpc) is 2.50. The van der Waals surface area contributed by atoms with Gasteiger partial charge in [0.25, 0.3) is 0 Å². The summed E-state index contributed by atoms with van der Waals surface area (Å²) < 4.78 is 25.2. The van der Waals surface area contributed by atoms with Gasteiger partial charge in [-0.05, 0) is 58.7 Å². The lowest BCUT2D eigenvalue weighted by Gasteiger charge is -2.22. The van der Waals surface area contributed by atoms with Crippen molar-refractivity contribution in [3.8, 4) is 11.5 Å². The Morgan fingerprint density at radius 1 is 1.10 bits per heavy atom. The van der Waals surface area contributed by atoms with Crippen LogP contribution in [0.1, 0.15) is 18.5 Å². The molecule has 0 bridgehead atoms. The molecule has 1 atom stereocenters. The highest BCUT2D eigenvalue weighted by Crippen LogP contribution is 2.34. The van der Waals surface area contributed by atoms with E-state index in [1.54, 1.807) is 6.07 Å². The van der Waals surface area contributed by atoms with Crippen LogP contribution in [0.15, 0.2) is 40.9 Å². The Hall–Kier alpha value is -1.75. The van der Waals surface area contributed by atoms with E-state index in [-0.39, 0.29) is 11.9 Å². The highest BCUT2D eigenvalue weighted by molar-refractivity contribution is 9.10. The van der Waals surface area contributed by atoms with Crippen LogP contribution in [0.5, 0.6) is 11.5 Å². The summed E-state index contributed by atoms with van der Waals surface area (Å²) in [6, 6.07) is 10.4. The predicted octanol–water partition coefficient (Wildman–Crippen LogP) is 4.53. The molecule has 1 aliphatic rings. The summed E-state index contributed by atoms with van der Waals surface area (Å²) in [6.07, 6.45) is 0. The highest BCUT2D eigenvalue weighted by atomic mass is 79.9. The van der Waals surface area contributed by atoms with Crippen LogP contribution in [0.3, 0.4) is 0 Å². The zero-order valence-electron chi connectivity index (χ0n) is 11.5. The monoisotopic (exact) mass is 351 g/mol. The molecule has 110 valence electrons. The molecular weight excluding hydrogens is 337 g/mol. The van der Waals surface area contributed by atoms with Gasteiger partial charge in [-0.3, -0.25) is 0 Å². The van der Waals surface area contributed by atoms with E-state index in [0.29, 0.717) is 13.2 Å². The number of nitrogens with one attached hydrogen (secondary N) is 1. The second-order valence-electron chi connectivity index (χ2n) is 4.89. The molecule has 1 N–H and O–H groups in total. The van der Waals surface area contributed by atoms with Gasteiger partial charge in [-0.1, -0.05) is 6.07 Å². The molecule has 0 radical (unpaired) electrons. The van der Waals surface area contributed by atoms with Crippen LogP contribution in [0, 0.1) is 5.82 Å². The molecule has 1 unspecified atom stereocenters. The minimum atomic E-state index is -0.268. The number of ether oxygens (including phenoxy) is 2. The first-order valence-electron chi connectivity index (χ1n) is 6.74. The summed E-state index contributed by atoms with van der Waals surface area (Å²) in [6.45, 7) is 3.16. The van der Waals surface area contributed by atoms with Crippen LogP contribution in [-0.4, -0.2) is 13.2 Å². The SMILES string of the molecule is CC(Nc1cc(F)ccc1Br)c1ccc2c(c1)OCCO2. The van der Waals surface area contributed by atoms with Crippen molar-refractivity contribution in [2.24, 2.45) is 0 Å². The van der Waals surface area contributed by atoms with Gasteiger partial charge in [0.2, 0.25) is 0 Å². The first kappa shape index (κ1) is 14.2. The zero-order valence-corrected chi connectivity index (χ0v) is 13.1. The van der Waals surface area contributed by atoms with Crippen molar-refractivity contribution in [3.63, 3.8) is 0 Å². The molecule has 1 aliphatic heterocycles. The summed E-state index contributed by atoms with van der Waals surface area (Å²) in [5, 5.41) is 3.29. The Morgan fingerprint density at radius 2 is 1.86 bits per heavy atom. The lowest BCUT2D eigenvalue weighted by molar-refractivity contribution is 0.171. The molecule has 1 heterocycles. The van der Waals surface area contributed by atoms with Crippen molar-refractivity contribution in [1.82, 2.24) is 0 Å². The van der Waals surface area contributed by atoms with Crippen molar-refractivity contribution < 1.29 is 13.9 Å². The lowest BCUT2D eigenvalue weighted by atomic mass is 10.1. The fraction of sp³-hybridized carbons (Fsp3) is 0.250. The fourth-order valence-electron chi connectivity index (χ4n) is 2.25. The molecule has 21 heavy (non-hydrogen) atoms. The van der Waals surface area contributed by atoms with Crippen LogP contribution in [0.4, 0.5) is 10.1 Å². The van der Waals surface area contributed by atoms with Gasteiger partial charge >= 0.3 is 0 Å². The van der Waals surface area contributed by atoms with Crippen LogP contribution < -0.4 is 14.8 Å². The van der Waals surface area contributed by atoms with Crippen LogP contribution >= 0.6 is 15.9 Å². The summed E-state index contributed by atoms with van der Waals surface area (Å²) in [4.78, 5) is 0. The van der Waals surface area contributed by atoms with Crippen molar-refractivity contribution in [3.05, 3.63) is 52.3 Å². The second-order valence-corrected chi connectivity index (χ2v) is 5.75. The molecule has 2 aromatic rings. The minimum Gasteiger partial charge on any atom is -0.486 e. The highest BCUT2D eigenvalue weighted by Gasteiger charge is 2.15. The molecular formula is C16H15BrFNO2. The maximum atomic E-state index is 13.3. The molecule has 3 rings (SSSR count). The molecule has 3 nitrogen and oxygen atoms in total. The van der Waals surface area contributed by atoms with Gasteiger partial charge < -0.3 is 14.8 Å². The Labute approximate surface area is 131 Å². The Morgan fingerprint density at radius 3 is 2.67 bits per heavy atom. The smallest absolute Gasteiger partial charge is 0.161 e. The topological polar surface area (TPSA) is 30.5 Å². The number of fused-ring (bicyclic) bond motifs is 1.